The van der Waals surface area contributed by atoms with Crippen molar-refractivity contribution in [2.24, 2.45) is 5.92 Å². The van der Waals surface area contributed by atoms with E-state index in [0.717, 1.165) is 46.4 Å². The van der Waals surface area contributed by atoms with Gasteiger partial charge in [-0.05, 0) is 56.5 Å². The Morgan fingerprint density at radius 3 is 2.82 bits per heavy atom. The highest BCUT2D eigenvalue weighted by atomic mass is 35.5. The number of carbonyl (C=O) groups is 1. The first kappa shape index (κ1) is 18.6. The summed E-state index contributed by atoms with van der Waals surface area (Å²) >= 11 is 6.19. The van der Waals surface area contributed by atoms with Gasteiger partial charge in [0.05, 0.1) is 29.4 Å². The number of nitrogens with one attached hydrogen (secondary N) is 2. The number of hydrazine groups is 1. The van der Waals surface area contributed by atoms with Gasteiger partial charge >= 0.3 is 5.97 Å². The zero-order chi connectivity index (χ0) is 19.5. The fourth-order valence-corrected chi connectivity index (χ4v) is 3.84. The molecule has 0 amide bonds. The van der Waals surface area contributed by atoms with Crippen molar-refractivity contribution in [3.05, 3.63) is 64.8 Å². The molecule has 0 aliphatic heterocycles. The molecule has 1 unspecified atom stereocenters. The van der Waals surface area contributed by atoms with Gasteiger partial charge in [-0.15, -0.1) is 0 Å². The Hall–Kier alpha value is -2.79. The van der Waals surface area contributed by atoms with Gasteiger partial charge in [0.15, 0.2) is 0 Å². The molecule has 0 bridgehead atoms. The highest BCUT2D eigenvalue weighted by Crippen LogP contribution is 2.36. The molecule has 1 aliphatic carbocycles. The molecule has 0 spiro atoms. The second-order valence-electron chi connectivity index (χ2n) is 6.88. The molecule has 2 aromatic carbocycles. The molecule has 144 valence electrons. The van der Waals surface area contributed by atoms with Crippen LogP contribution in [0, 0.1) is 5.92 Å². The molecule has 0 saturated heterocycles. The number of ether oxygens (including phenoxy) is 1. The summed E-state index contributed by atoms with van der Waals surface area (Å²) in [5.41, 5.74) is 11.4. The van der Waals surface area contributed by atoms with Gasteiger partial charge in [-0.3, -0.25) is 15.2 Å². The first-order chi connectivity index (χ1) is 13.7. The number of hydrogen-bond donors (Lipinski definition) is 2. The zero-order valence-corrected chi connectivity index (χ0v) is 16.4. The van der Waals surface area contributed by atoms with Gasteiger partial charge in [0.2, 0.25) is 0 Å². The van der Waals surface area contributed by atoms with E-state index in [0.29, 0.717) is 18.1 Å². The molecule has 1 atom stereocenters. The lowest BCUT2D eigenvalue weighted by Gasteiger charge is -2.26. The molecule has 3 aromatic rings. The van der Waals surface area contributed by atoms with Gasteiger partial charge in [-0.25, -0.2) is 0 Å². The maximum atomic E-state index is 12.3. The zero-order valence-electron chi connectivity index (χ0n) is 15.7. The molecule has 28 heavy (non-hydrogen) atoms. The number of benzene rings is 2. The summed E-state index contributed by atoms with van der Waals surface area (Å²) < 4.78 is 5.26. The van der Waals surface area contributed by atoms with Gasteiger partial charge in [-0.2, -0.15) is 0 Å². The minimum absolute atomic E-state index is 0.133. The van der Waals surface area contributed by atoms with E-state index in [1.54, 1.807) is 0 Å². The molecule has 5 nitrogen and oxygen atoms in total. The second-order valence-corrected chi connectivity index (χ2v) is 7.32. The first-order valence-electron chi connectivity index (χ1n) is 9.50. The lowest BCUT2D eigenvalue weighted by molar-refractivity contribution is -0.148. The second kappa shape index (κ2) is 8.07. The SMILES string of the molecule is CCOC(=O)C1CCc2nc3cc(Cl)ccc3c(NNc3ccccc3)c2C1. The average Bonchev–Trinajstić information content (AvgIpc) is 2.71. The van der Waals surface area contributed by atoms with Crippen molar-refractivity contribution in [2.75, 3.05) is 17.5 Å². The van der Waals surface area contributed by atoms with Gasteiger partial charge in [-0.1, -0.05) is 29.8 Å². The fraction of sp³-hybridized carbons (Fsp3) is 0.273. The maximum Gasteiger partial charge on any atom is 0.309 e. The summed E-state index contributed by atoms with van der Waals surface area (Å²) in [6.45, 7) is 2.24. The number of nitrogens with zero attached hydrogens (tertiary/aromatic N) is 1. The Balaban J connectivity index is 1.74. The number of anilines is 2. The van der Waals surface area contributed by atoms with E-state index in [2.05, 4.69) is 10.9 Å². The quantitative estimate of drug-likeness (QED) is 0.470. The lowest BCUT2D eigenvalue weighted by atomic mass is 9.85. The largest absolute Gasteiger partial charge is 0.466 e. The number of esters is 1. The summed E-state index contributed by atoms with van der Waals surface area (Å²) in [5, 5.41) is 1.62. The molecule has 1 aliphatic rings. The Labute approximate surface area is 169 Å². The Morgan fingerprint density at radius 2 is 2.04 bits per heavy atom. The monoisotopic (exact) mass is 395 g/mol. The van der Waals surface area contributed by atoms with Crippen molar-refractivity contribution >= 4 is 39.8 Å². The highest BCUT2D eigenvalue weighted by Gasteiger charge is 2.29. The van der Waals surface area contributed by atoms with Gasteiger partial charge < -0.3 is 10.2 Å². The predicted molar refractivity (Wildman–Crippen MR) is 113 cm³/mol. The summed E-state index contributed by atoms with van der Waals surface area (Å²) in [7, 11) is 0. The van der Waals surface area contributed by atoms with E-state index in [1.807, 2.05) is 55.5 Å². The third kappa shape index (κ3) is 3.76. The average molecular weight is 396 g/mol. The highest BCUT2D eigenvalue weighted by molar-refractivity contribution is 6.31. The van der Waals surface area contributed by atoms with Crippen molar-refractivity contribution in [3.8, 4) is 0 Å². The molecule has 0 saturated carbocycles. The smallest absolute Gasteiger partial charge is 0.309 e. The van der Waals surface area contributed by atoms with Gasteiger partial charge in [0, 0.05) is 21.7 Å². The van der Waals surface area contributed by atoms with Crippen LogP contribution in [0.4, 0.5) is 11.4 Å². The third-order valence-electron chi connectivity index (χ3n) is 5.04. The predicted octanol–water partition coefficient (Wildman–Crippen LogP) is 5.00. The molecular formula is C22H22ClN3O2. The Bertz CT molecular complexity index is 1010. The van der Waals surface area contributed by atoms with Crippen LogP contribution in [-0.2, 0) is 22.4 Å². The third-order valence-corrected chi connectivity index (χ3v) is 5.28. The summed E-state index contributed by atoms with van der Waals surface area (Å²) in [6, 6.07) is 15.6. The molecule has 6 heteroatoms. The Kier molecular flexibility index (Phi) is 5.35. The molecule has 2 N–H and O–H groups in total. The minimum Gasteiger partial charge on any atom is -0.466 e. The number of para-hydroxylation sites is 1. The van der Waals surface area contributed by atoms with E-state index >= 15 is 0 Å². The molecule has 1 aromatic heterocycles. The van der Waals surface area contributed by atoms with E-state index in [9.17, 15) is 4.79 Å². The van der Waals surface area contributed by atoms with Crippen LogP contribution in [0.1, 0.15) is 24.6 Å². The minimum atomic E-state index is -0.142. The van der Waals surface area contributed by atoms with Crippen molar-refractivity contribution in [1.29, 1.82) is 0 Å². The van der Waals surface area contributed by atoms with Crippen LogP contribution in [0.3, 0.4) is 0 Å². The summed E-state index contributed by atoms with van der Waals surface area (Å²) in [5.74, 6) is -0.275. The van der Waals surface area contributed by atoms with Crippen LogP contribution in [-0.4, -0.2) is 17.6 Å². The standard InChI is InChI=1S/C22H22ClN3O2/c1-2-28-22(27)14-8-11-19-18(12-14)21(26-25-16-6-4-3-5-7-16)17-10-9-15(23)13-20(17)24-19/h3-7,9-10,13-14,25H,2,8,11-12H2,1H3,(H,24,26). The lowest BCUT2D eigenvalue weighted by Crippen LogP contribution is -2.26. The number of rotatable bonds is 5. The first-order valence-corrected chi connectivity index (χ1v) is 9.88. The summed E-state index contributed by atoms with van der Waals surface area (Å²) in [4.78, 5) is 17.1. The van der Waals surface area contributed by atoms with E-state index in [1.165, 1.54) is 0 Å². The molecule has 0 fully saturated rings. The maximum absolute atomic E-state index is 12.3. The molecular weight excluding hydrogens is 374 g/mol. The number of pyridine rings is 1. The number of carbonyl (C=O) groups excluding carboxylic acids is 1. The number of aromatic nitrogens is 1. The van der Waals surface area contributed by atoms with Crippen molar-refractivity contribution in [3.63, 3.8) is 0 Å². The topological polar surface area (TPSA) is 63.2 Å². The molecule has 4 rings (SSSR count). The van der Waals surface area contributed by atoms with Crippen LogP contribution < -0.4 is 10.9 Å². The number of aryl methyl sites for hydroxylation is 1. The van der Waals surface area contributed by atoms with Gasteiger partial charge in [0.1, 0.15) is 0 Å². The number of halogens is 1. The normalized spacial score (nSPS) is 15.7. The number of fused-ring (bicyclic) bond motifs is 2. The van der Waals surface area contributed by atoms with Crippen LogP contribution in [0.2, 0.25) is 5.02 Å². The van der Waals surface area contributed by atoms with Crippen LogP contribution in [0.5, 0.6) is 0 Å². The van der Waals surface area contributed by atoms with Crippen LogP contribution in [0.25, 0.3) is 10.9 Å². The molecule has 1 heterocycles. The number of hydrogen-bond acceptors (Lipinski definition) is 5. The van der Waals surface area contributed by atoms with Crippen molar-refractivity contribution in [2.45, 2.75) is 26.2 Å². The van der Waals surface area contributed by atoms with E-state index < -0.39 is 0 Å². The summed E-state index contributed by atoms with van der Waals surface area (Å²) in [6.07, 6.45) is 2.09. The van der Waals surface area contributed by atoms with E-state index in [-0.39, 0.29) is 11.9 Å². The molecule has 0 radical (unpaired) electrons. The van der Waals surface area contributed by atoms with Gasteiger partial charge in [0.25, 0.3) is 0 Å². The van der Waals surface area contributed by atoms with Crippen LogP contribution >= 0.6 is 11.6 Å². The van der Waals surface area contributed by atoms with Crippen LogP contribution in [0.15, 0.2) is 48.5 Å². The van der Waals surface area contributed by atoms with Crippen molar-refractivity contribution < 1.29 is 9.53 Å². The Morgan fingerprint density at radius 1 is 1.21 bits per heavy atom. The van der Waals surface area contributed by atoms with Crippen molar-refractivity contribution in [1.82, 2.24) is 4.98 Å². The van der Waals surface area contributed by atoms with E-state index in [4.69, 9.17) is 21.3 Å². The fourth-order valence-electron chi connectivity index (χ4n) is 3.67.